The summed E-state index contributed by atoms with van der Waals surface area (Å²) in [4.78, 5) is 23.8. The van der Waals surface area contributed by atoms with Gasteiger partial charge >= 0.3 is 5.97 Å². The molecule has 0 aliphatic rings. The van der Waals surface area contributed by atoms with Crippen molar-refractivity contribution in [2.24, 2.45) is 0 Å². The van der Waals surface area contributed by atoms with Crippen molar-refractivity contribution in [3.63, 3.8) is 0 Å². The number of carboxylic acids is 1. The summed E-state index contributed by atoms with van der Waals surface area (Å²) in [7, 11) is 0. The number of nitro benzene ring substituents is 1. The highest BCUT2D eigenvalue weighted by molar-refractivity contribution is 5.78. The average molecular weight is 280 g/mol. The quantitative estimate of drug-likeness (QED) is 0.612. The molecule has 6 nitrogen and oxygen atoms in total. The summed E-state index contributed by atoms with van der Waals surface area (Å²) >= 11 is 0. The summed E-state index contributed by atoms with van der Waals surface area (Å²) < 4.78 is 0. The van der Waals surface area contributed by atoms with Crippen LogP contribution in [0.25, 0.3) is 0 Å². The van der Waals surface area contributed by atoms with E-state index in [0.29, 0.717) is 18.7 Å². The number of non-ortho nitro benzene ring substituents is 1. The van der Waals surface area contributed by atoms with Gasteiger partial charge in [0.2, 0.25) is 0 Å². The number of hydrogen-bond acceptors (Lipinski definition) is 4. The van der Waals surface area contributed by atoms with Crippen LogP contribution in [0.3, 0.4) is 0 Å². The van der Waals surface area contributed by atoms with E-state index >= 15 is 0 Å². The lowest BCUT2D eigenvalue weighted by Crippen LogP contribution is -2.53. The molecule has 20 heavy (non-hydrogen) atoms. The zero-order chi connectivity index (χ0) is 15.3. The van der Waals surface area contributed by atoms with E-state index in [0.717, 1.165) is 0 Å². The highest BCUT2D eigenvalue weighted by Crippen LogP contribution is 2.23. The molecular formula is C14H20N2O4. The van der Waals surface area contributed by atoms with Crippen LogP contribution in [0.1, 0.15) is 26.3 Å². The smallest absolute Gasteiger partial charge is 0.324 e. The summed E-state index contributed by atoms with van der Waals surface area (Å²) in [5, 5.41) is 20.3. The maximum absolute atomic E-state index is 11.6. The lowest BCUT2D eigenvalue weighted by atomic mass is 9.90. The standard InChI is InChI=1S/C14H20N2O4/c1-4-15(5-2)14(3,13(17)18)10-11-7-6-8-12(9-11)16(19)20/h6-9H,4-5,10H2,1-3H3,(H,17,18). The van der Waals surface area contributed by atoms with E-state index in [1.54, 1.807) is 19.1 Å². The lowest BCUT2D eigenvalue weighted by Gasteiger charge is -2.36. The Morgan fingerprint density at radius 1 is 1.40 bits per heavy atom. The number of likely N-dealkylation sites (N-methyl/N-ethyl adjacent to an activating group) is 1. The highest BCUT2D eigenvalue weighted by atomic mass is 16.6. The largest absolute Gasteiger partial charge is 0.480 e. The molecule has 0 spiro atoms. The van der Waals surface area contributed by atoms with E-state index in [1.165, 1.54) is 12.1 Å². The Morgan fingerprint density at radius 3 is 2.45 bits per heavy atom. The average Bonchev–Trinajstić information content (AvgIpc) is 2.40. The molecule has 1 unspecified atom stereocenters. The van der Waals surface area contributed by atoms with E-state index in [-0.39, 0.29) is 12.1 Å². The number of aliphatic carboxylic acids is 1. The molecule has 0 radical (unpaired) electrons. The van der Waals surface area contributed by atoms with Crippen molar-refractivity contribution in [2.45, 2.75) is 32.7 Å². The summed E-state index contributed by atoms with van der Waals surface area (Å²) in [5.41, 5.74) is -0.440. The fourth-order valence-electron chi connectivity index (χ4n) is 2.42. The first-order valence-electron chi connectivity index (χ1n) is 6.57. The minimum Gasteiger partial charge on any atom is -0.480 e. The Bertz CT molecular complexity index is 500. The number of hydrogen-bond donors (Lipinski definition) is 1. The molecule has 0 aliphatic carbocycles. The van der Waals surface area contributed by atoms with Gasteiger partial charge in [0.05, 0.1) is 4.92 Å². The summed E-state index contributed by atoms with van der Waals surface area (Å²) in [5.74, 6) is -0.923. The molecule has 1 aromatic rings. The number of carbonyl (C=O) groups is 1. The molecule has 1 atom stereocenters. The third-order valence-electron chi connectivity index (χ3n) is 3.59. The Kier molecular flexibility index (Phi) is 5.21. The summed E-state index contributed by atoms with van der Waals surface area (Å²) in [6, 6.07) is 6.14. The second-order valence-electron chi connectivity index (χ2n) is 4.86. The molecule has 1 aromatic carbocycles. The second kappa shape index (κ2) is 6.47. The number of benzene rings is 1. The van der Waals surface area contributed by atoms with E-state index in [2.05, 4.69) is 0 Å². The van der Waals surface area contributed by atoms with E-state index in [9.17, 15) is 20.0 Å². The molecule has 6 heteroatoms. The number of carboxylic acid groups (broad SMARTS) is 1. The van der Waals surface area contributed by atoms with Crippen LogP contribution in [-0.4, -0.2) is 39.5 Å². The molecule has 0 heterocycles. The van der Waals surface area contributed by atoms with Gasteiger partial charge in [-0.2, -0.15) is 0 Å². The lowest BCUT2D eigenvalue weighted by molar-refractivity contribution is -0.384. The second-order valence-corrected chi connectivity index (χ2v) is 4.86. The van der Waals surface area contributed by atoms with Crippen LogP contribution in [0.2, 0.25) is 0 Å². The minimum absolute atomic E-state index is 0.0187. The van der Waals surface area contributed by atoms with E-state index < -0.39 is 16.4 Å². The van der Waals surface area contributed by atoms with Crippen molar-refractivity contribution in [3.05, 3.63) is 39.9 Å². The maximum Gasteiger partial charge on any atom is 0.324 e. The number of nitro groups is 1. The zero-order valence-corrected chi connectivity index (χ0v) is 12.0. The molecule has 0 fully saturated rings. The van der Waals surface area contributed by atoms with Gasteiger partial charge in [0.1, 0.15) is 5.54 Å². The van der Waals surface area contributed by atoms with Gasteiger partial charge in [-0.25, -0.2) is 0 Å². The molecule has 0 aromatic heterocycles. The molecule has 0 aliphatic heterocycles. The van der Waals surface area contributed by atoms with Crippen LogP contribution < -0.4 is 0 Å². The predicted octanol–water partition coefficient (Wildman–Crippen LogP) is 2.32. The van der Waals surface area contributed by atoms with Gasteiger partial charge in [-0.05, 0) is 25.6 Å². The summed E-state index contributed by atoms with van der Waals surface area (Å²) in [6.07, 6.45) is 0.228. The first kappa shape index (κ1) is 16.1. The van der Waals surface area contributed by atoms with Crippen LogP contribution in [0.4, 0.5) is 5.69 Å². The van der Waals surface area contributed by atoms with Crippen molar-refractivity contribution >= 4 is 11.7 Å². The Balaban J connectivity index is 3.11. The fourth-order valence-corrected chi connectivity index (χ4v) is 2.42. The third-order valence-corrected chi connectivity index (χ3v) is 3.59. The minimum atomic E-state index is -1.07. The normalized spacial score (nSPS) is 14.0. The van der Waals surface area contributed by atoms with Crippen molar-refractivity contribution in [1.29, 1.82) is 0 Å². The van der Waals surface area contributed by atoms with Gasteiger partial charge in [0, 0.05) is 18.6 Å². The molecule has 110 valence electrons. The van der Waals surface area contributed by atoms with Crippen LogP contribution in [0.5, 0.6) is 0 Å². The van der Waals surface area contributed by atoms with Crippen molar-refractivity contribution in [1.82, 2.24) is 4.90 Å². The SMILES string of the molecule is CCN(CC)C(C)(Cc1cccc([N+](=O)[O-])c1)C(=O)O. The number of rotatable bonds is 7. The fraction of sp³-hybridized carbons (Fsp3) is 0.500. The molecule has 1 N–H and O–H groups in total. The van der Waals surface area contributed by atoms with Gasteiger partial charge in [0.15, 0.2) is 0 Å². The third kappa shape index (κ3) is 3.33. The van der Waals surface area contributed by atoms with Gasteiger partial charge < -0.3 is 5.11 Å². The van der Waals surface area contributed by atoms with E-state index in [4.69, 9.17) is 0 Å². The first-order chi connectivity index (χ1) is 9.35. The van der Waals surface area contributed by atoms with Crippen molar-refractivity contribution in [3.8, 4) is 0 Å². The molecule has 0 saturated heterocycles. The van der Waals surface area contributed by atoms with Crippen LogP contribution >= 0.6 is 0 Å². The first-order valence-corrected chi connectivity index (χ1v) is 6.57. The van der Waals surface area contributed by atoms with Gasteiger partial charge in [-0.15, -0.1) is 0 Å². The Labute approximate surface area is 118 Å². The molecule has 0 amide bonds. The molecule has 0 saturated carbocycles. The van der Waals surface area contributed by atoms with Crippen LogP contribution in [-0.2, 0) is 11.2 Å². The van der Waals surface area contributed by atoms with Crippen molar-refractivity contribution in [2.75, 3.05) is 13.1 Å². The van der Waals surface area contributed by atoms with Crippen molar-refractivity contribution < 1.29 is 14.8 Å². The molecular weight excluding hydrogens is 260 g/mol. The topological polar surface area (TPSA) is 83.7 Å². The highest BCUT2D eigenvalue weighted by Gasteiger charge is 2.38. The number of nitrogens with zero attached hydrogens (tertiary/aromatic N) is 2. The van der Waals surface area contributed by atoms with Crippen LogP contribution in [0.15, 0.2) is 24.3 Å². The maximum atomic E-state index is 11.6. The monoisotopic (exact) mass is 280 g/mol. The molecule has 0 bridgehead atoms. The van der Waals surface area contributed by atoms with Crippen LogP contribution in [0, 0.1) is 10.1 Å². The van der Waals surface area contributed by atoms with Gasteiger partial charge in [0.25, 0.3) is 5.69 Å². The Morgan fingerprint density at radius 2 is 2.00 bits per heavy atom. The predicted molar refractivity (Wildman–Crippen MR) is 75.8 cm³/mol. The van der Waals surface area contributed by atoms with E-state index in [1.807, 2.05) is 18.7 Å². The Hall–Kier alpha value is -1.95. The van der Waals surface area contributed by atoms with Gasteiger partial charge in [-0.3, -0.25) is 19.8 Å². The summed E-state index contributed by atoms with van der Waals surface area (Å²) in [6.45, 7) is 6.67. The molecule has 1 rings (SSSR count). The van der Waals surface area contributed by atoms with Gasteiger partial charge in [-0.1, -0.05) is 26.0 Å². The zero-order valence-electron chi connectivity index (χ0n) is 12.0.